The highest BCUT2D eigenvalue weighted by Gasteiger charge is 2.42. The fourth-order valence-electron chi connectivity index (χ4n) is 2.48. The van der Waals surface area contributed by atoms with Crippen LogP contribution < -0.4 is 5.73 Å². The maximum absolute atomic E-state index is 12.3. The van der Waals surface area contributed by atoms with E-state index in [1.54, 1.807) is 29.7 Å². The molecular formula is C16H18F3N3O4. The third-order valence-electron chi connectivity index (χ3n) is 3.72. The molecule has 0 saturated carbocycles. The van der Waals surface area contributed by atoms with Crippen LogP contribution in [-0.4, -0.2) is 34.8 Å². The molecule has 26 heavy (non-hydrogen) atoms. The number of esters is 2. The Labute approximate surface area is 146 Å². The largest absolute Gasteiger partial charge is 0.490 e. The van der Waals surface area contributed by atoms with E-state index in [1.165, 1.54) is 7.11 Å². The summed E-state index contributed by atoms with van der Waals surface area (Å²) >= 11 is 0. The van der Waals surface area contributed by atoms with E-state index in [0.29, 0.717) is 24.0 Å². The molecular weight excluding hydrogens is 355 g/mol. The quantitative estimate of drug-likeness (QED) is 0.616. The van der Waals surface area contributed by atoms with Crippen LogP contribution in [0.4, 0.5) is 13.2 Å². The minimum Gasteiger partial charge on any atom is -0.469 e. The second-order valence-electron chi connectivity index (χ2n) is 5.44. The van der Waals surface area contributed by atoms with Crippen molar-refractivity contribution < 1.29 is 32.2 Å². The summed E-state index contributed by atoms with van der Waals surface area (Å²) < 4.78 is 47.5. The van der Waals surface area contributed by atoms with Crippen LogP contribution in [0.25, 0.3) is 11.0 Å². The van der Waals surface area contributed by atoms with Crippen LogP contribution in [0.15, 0.2) is 18.2 Å². The first-order valence-corrected chi connectivity index (χ1v) is 7.76. The predicted molar refractivity (Wildman–Crippen MR) is 84.8 cm³/mol. The van der Waals surface area contributed by atoms with Gasteiger partial charge in [0.2, 0.25) is 6.23 Å². The number of carbonyl (C=O) groups excluding carboxylic acids is 2. The van der Waals surface area contributed by atoms with Crippen LogP contribution in [0, 0.1) is 0 Å². The number of hydrogen-bond acceptors (Lipinski definition) is 6. The van der Waals surface area contributed by atoms with Crippen LogP contribution in [-0.2, 0) is 32.0 Å². The molecule has 0 saturated heterocycles. The van der Waals surface area contributed by atoms with Crippen molar-refractivity contribution in [3.8, 4) is 0 Å². The van der Waals surface area contributed by atoms with Gasteiger partial charge in [-0.2, -0.15) is 13.2 Å². The maximum atomic E-state index is 12.3. The predicted octanol–water partition coefficient (Wildman–Crippen LogP) is 2.22. The summed E-state index contributed by atoms with van der Waals surface area (Å²) in [4.78, 5) is 26.4. The number of hydrogen-bond donors (Lipinski definition) is 1. The fourth-order valence-corrected chi connectivity index (χ4v) is 2.48. The Morgan fingerprint density at radius 1 is 1.35 bits per heavy atom. The lowest BCUT2D eigenvalue weighted by Gasteiger charge is -2.15. The summed E-state index contributed by atoms with van der Waals surface area (Å²) in [5.41, 5.74) is 7.53. The number of fused-ring (bicyclic) bond motifs is 1. The summed E-state index contributed by atoms with van der Waals surface area (Å²) in [6.45, 7) is 2.10. The van der Waals surface area contributed by atoms with Crippen molar-refractivity contribution in [2.75, 3.05) is 7.11 Å². The molecule has 2 rings (SSSR count). The van der Waals surface area contributed by atoms with E-state index in [1.807, 2.05) is 0 Å². The maximum Gasteiger partial charge on any atom is 0.490 e. The molecule has 0 aliphatic carbocycles. The van der Waals surface area contributed by atoms with Crippen LogP contribution in [0.2, 0.25) is 0 Å². The molecule has 0 aliphatic rings. The Kier molecular flexibility index (Phi) is 5.86. The monoisotopic (exact) mass is 373 g/mol. The lowest BCUT2D eigenvalue weighted by atomic mass is 10.1. The van der Waals surface area contributed by atoms with Crippen molar-refractivity contribution >= 4 is 23.0 Å². The van der Waals surface area contributed by atoms with Gasteiger partial charge in [-0.15, -0.1) is 0 Å². The van der Waals surface area contributed by atoms with Crippen molar-refractivity contribution in [1.29, 1.82) is 0 Å². The minimum atomic E-state index is -5.14. The van der Waals surface area contributed by atoms with E-state index in [-0.39, 0.29) is 18.2 Å². The van der Waals surface area contributed by atoms with Crippen LogP contribution in [0.5, 0.6) is 0 Å². The average Bonchev–Trinajstić information content (AvgIpc) is 2.96. The van der Waals surface area contributed by atoms with Gasteiger partial charge in [0.15, 0.2) is 5.82 Å². The number of benzene rings is 1. The Balaban J connectivity index is 2.30. The number of nitrogens with zero attached hydrogens (tertiary/aromatic N) is 2. The van der Waals surface area contributed by atoms with E-state index in [0.717, 1.165) is 5.56 Å². The summed E-state index contributed by atoms with van der Waals surface area (Å²) in [5.74, 6) is -2.72. The van der Waals surface area contributed by atoms with E-state index in [4.69, 9.17) is 5.73 Å². The van der Waals surface area contributed by atoms with Gasteiger partial charge in [0.05, 0.1) is 18.1 Å². The van der Waals surface area contributed by atoms with Crippen molar-refractivity contribution in [1.82, 2.24) is 9.55 Å². The van der Waals surface area contributed by atoms with Crippen molar-refractivity contribution in [3.05, 3.63) is 29.6 Å². The van der Waals surface area contributed by atoms with Crippen LogP contribution in [0.1, 0.15) is 31.0 Å². The number of ether oxygens (including phenoxy) is 2. The Bertz CT molecular complexity index is 817. The zero-order valence-electron chi connectivity index (χ0n) is 14.2. The zero-order chi connectivity index (χ0) is 19.5. The number of nitrogens with two attached hydrogens (primary N) is 1. The second-order valence-corrected chi connectivity index (χ2v) is 5.44. The van der Waals surface area contributed by atoms with Gasteiger partial charge in [-0.05, 0) is 31.0 Å². The highest BCUT2D eigenvalue weighted by Crippen LogP contribution is 2.25. The molecule has 1 atom stereocenters. The first kappa shape index (κ1) is 19.7. The van der Waals surface area contributed by atoms with E-state index < -0.39 is 18.4 Å². The number of aromatic nitrogens is 2. The van der Waals surface area contributed by atoms with E-state index in [2.05, 4.69) is 14.5 Å². The van der Waals surface area contributed by atoms with Crippen LogP contribution >= 0.6 is 0 Å². The Morgan fingerprint density at radius 3 is 2.62 bits per heavy atom. The third kappa shape index (κ3) is 4.31. The molecule has 1 aromatic carbocycles. The summed E-state index contributed by atoms with van der Waals surface area (Å²) in [6.07, 6.45) is -6.17. The lowest BCUT2D eigenvalue weighted by Crippen LogP contribution is -2.31. The Morgan fingerprint density at radius 2 is 2.04 bits per heavy atom. The molecule has 10 heteroatoms. The van der Waals surface area contributed by atoms with Gasteiger partial charge in [0, 0.05) is 13.0 Å². The molecule has 2 N–H and O–H groups in total. The fraction of sp³-hybridized carbons (Fsp3) is 0.438. The molecule has 1 unspecified atom stereocenters. The number of alkyl halides is 3. The average molecular weight is 373 g/mol. The molecule has 7 nitrogen and oxygen atoms in total. The molecule has 0 fully saturated rings. The molecule has 0 spiro atoms. The normalized spacial score (nSPS) is 12.8. The first-order valence-electron chi connectivity index (χ1n) is 7.76. The highest BCUT2D eigenvalue weighted by atomic mass is 19.4. The lowest BCUT2D eigenvalue weighted by molar-refractivity contribution is -0.205. The van der Waals surface area contributed by atoms with Gasteiger partial charge in [-0.1, -0.05) is 6.07 Å². The molecule has 0 radical (unpaired) electrons. The number of carbonyl (C=O) groups is 2. The number of halogens is 3. The molecule has 0 bridgehead atoms. The van der Waals surface area contributed by atoms with Gasteiger partial charge in [0.25, 0.3) is 0 Å². The smallest absolute Gasteiger partial charge is 0.469 e. The van der Waals surface area contributed by atoms with Crippen molar-refractivity contribution in [2.24, 2.45) is 5.73 Å². The number of aryl methyl sites for hydroxylation is 2. The molecule has 142 valence electrons. The SMILES string of the molecule is CCn1c(C(N)OC(=O)C(F)(F)F)nc2ccc(CCC(=O)OC)cc21. The Hall–Kier alpha value is -2.62. The van der Waals surface area contributed by atoms with E-state index >= 15 is 0 Å². The third-order valence-corrected chi connectivity index (χ3v) is 3.72. The van der Waals surface area contributed by atoms with Gasteiger partial charge >= 0.3 is 18.1 Å². The summed E-state index contributed by atoms with van der Waals surface area (Å²) in [5, 5.41) is 0. The standard InChI is InChI=1S/C16H18F3N3O4/c1-3-22-11-8-9(5-7-12(23)25-2)4-6-10(11)21-14(22)13(20)26-15(24)16(17,18)19/h4,6,8,13H,3,5,7,20H2,1-2H3. The first-order chi connectivity index (χ1) is 12.2. The topological polar surface area (TPSA) is 96.4 Å². The second kappa shape index (κ2) is 7.73. The van der Waals surface area contributed by atoms with E-state index in [9.17, 15) is 22.8 Å². The van der Waals surface area contributed by atoms with Crippen molar-refractivity contribution in [2.45, 2.75) is 38.7 Å². The minimum absolute atomic E-state index is 0.00483. The van der Waals surface area contributed by atoms with Gasteiger partial charge in [-0.25, -0.2) is 9.78 Å². The van der Waals surface area contributed by atoms with Crippen LogP contribution in [0.3, 0.4) is 0 Å². The van der Waals surface area contributed by atoms with Gasteiger partial charge < -0.3 is 14.0 Å². The number of methoxy groups -OCH3 is 1. The number of rotatable bonds is 6. The molecule has 0 aliphatic heterocycles. The summed E-state index contributed by atoms with van der Waals surface area (Å²) in [7, 11) is 1.30. The number of imidazole rings is 1. The molecule has 1 aromatic heterocycles. The van der Waals surface area contributed by atoms with Crippen molar-refractivity contribution in [3.63, 3.8) is 0 Å². The molecule has 0 amide bonds. The molecule has 2 aromatic rings. The van der Waals surface area contributed by atoms with Gasteiger partial charge in [0.1, 0.15) is 0 Å². The zero-order valence-corrected chi connectivity index (χ0v) is 14.2. The molecule has 1 heterocycles. The highest BCUT2D eigenvalue weighted by molar-refractivity contribution is 5.78. The van der Waals surface area contributed by atoms with Gasteiger partial charge in [-0.3, -0.25) is 10.5 Å². The summed E-state index contributed by atoms with van der Waals surface area (Å²) in [6, 6.07) is 5.17.